The number of para-hydroxylation sites is 1. The normalized spacial score (nSPS) is 10.5. The summed E-state index contributed by atoms with van der Waals surface area (Å²) in [7, 11) is 0. The van der Waals surface area contributed by atoms with E-state index in [4.69, 9.17) is 4.98 Å². The number of imidazole rings is 1. The second-order valence-electron chi connectivity index (χ2n) is 7.23. The zero-order chi connectivity index (χ0) is 21.0. The fraction of sp³-hybridized carbons (Fsp3) is 0.0370. The molecule has 0 aliphatic carbocycles. The summed E-state index contributed by atoms with van der Waals surface area (Å²) in [4.78, 5) is 9.20. The molecule has 31 heavy (non-hydrogen) atoms. The van der Waals surface area contributed by atoms with Gasteiger partial charge in [-0.05, 0) is 60.9 Å². The number of fused-ring (bicyclic) bond motifs is 1. The van der Waals surface area contributed by atoms with Crippen molar-refractivity contribution >= 4 is 17.2 Å². The van der Waals surface area contributed by atoms with Crippen molar-refractivity contribution in [2.24, 2.45) is 0 Å². The Kier molecular flexibility index (Phi) is 4.92. The fourth-order valence-electron chi connectivity index (χ4n) is 3.47. The van der Waals surface area contributed by atoms with Crippen molar-refractivity contribution in [1.29, 1.82) is 0 Å². The Labute approximate surface area is 181 Å². The van der Waals surface area contributed by atoms with E-state index >= 15 is 0 Å². The molecule has 0 amide bonds. The quantitative estimate of drug-likeness (QED) is 0.386. The number of benzene rings is 2. The van der Waals surface area contributed by atoms with Gasteiger partial charge in [0.2, 0.25) is 0 Å². The van der Waals surface area contributed by atoms with E-state index in [9.17, 15) is 0 Å². The lowest BCUT2D eigenvalue weighted by Crippen LogP contribution is -1.97. The molecule has 4 heteroatoms. The standard InChI is InChI=1S/C27H20N4/c1-20-8-7-19-31-26(20)30-25(27(31)29-24-10-3-2-4-11-24)22-15-12-21(13-16-22)14-17-23-9-5-6-18-28-23/h2-13,15-16,18-19,29H,1H3. The third-order valence-electron chi connectivity index (χ3n) is 5.04. The summed E-state index contributed by atoms with van der Waals surface area (Å²) in [5, 5.41) is 3.55. The van der Waals surface area contributed by atoms with Crippen molar-refractivity contribution in [2.75, 3.05) is 5.32 Å². The minimum absolute atomic E-state index is 0.761. The first-order valence-corrected chi connectivity index (χ1v) is 10.1. The number of nitrogens with one attached hydrogen (secondary N) is 1. The van der Waals surface area contributed by atoms with Crippen LogP contribution in [0.1, 0.15) is 16.8 Å². The summed E-state index contributed by atoms with van der Waals surface area (Å²) in [6.07, 6.45) is 3.79. The number of nitrogens with zero attached hydrogens (tertiary/aromatic N) is 3. The summed E-state index contributed by atoms with van der Waals surface area (Å²) < 4.78 is 2.10. The van der Waals surface area contributed by atoms with E-state index in [-0.39, 0.29) is 0 Å². The first-order chi connectivity index (χ1) is 15.3. The van der Waals surface area contributed by atoms with Crippen molar-refractivity contribution in [2.45, 2.75) is 6.92 Å². The number of anilines is 2. The number of aromatic nitrogens is 3. The zero-order valence-corrected chi connectivity index (χ0v) is 17.1. The highest BCUT2D eigenvalue weighted by Gasteiger charge is 2.15. The molecular weight excluding hydrogens is 380 g/mol. The molecule has 0 aliphatic heterocycles. The number of hydrogen-bond donors (Lipinski definition) is 1. The van der Waals surface area contributed by atoms with Gasteiger partial charge in [0.1, 0.15) is 22.9 Å². The molecule has 0 spiro atoms. The van der Waals surface area contributed by atoms with Gasteiger partial charge in [0.15, 0.2) is 0 Å². The number of aryl methyl sites for hydroxylation is 1. The molecule has 0 fully saturated rings. The summed E-state index contributed by atoms with van der Waals surface area (Å²) in [6.45, 7) is 2.08. The van der Waals surface area contributed by atoms with Crippen LogP contribution in [0.4, 0.5) is 11.5 Å². The van der Waals surface area contributed by atoms with Crippen LogP contribution in [0.2, 0.25) is 0 Å². The number of rotatable bonds is 3. The molecule has 2 aromatic carbocycles. The Morgan fingerprint density at radius 3 is 2.39 bits per heavy atom. The molecule has 0 atom stereocenters. The van der Waals surface area contributed by atoms with Crippen molar-refractivity contribution in [1.82, 2.24) is 14.4 Å². The van der Waals surface area contributed by atoms with E-state index < -0.39 is 0 Å². The molecule has 3 aromatic heterocycles. The lowest BCUT2D eigenvalue weighted by atomic mass is 10.1. The Morgan fingerprint density at radius 1 is 0.806 bits per heavy atom. The Morgan fingerprint density at radius 2 is 1.61 bits per heavy atom. The Hall–Kier alpha value is -4.36. The maximum absolute atomic E-state index is 4.96. The molecule has 0 aliphatic rings. The van der Waals surface area contributed by atoms with Crippen molar-refractivity contribution in [3.05, 3.63) is 114 Å². The average Bonchev–Trinajstić information content (AvgIpc) is 3.19. The predicted octanol–water partition coefficient (Wildman–Crippen LogP) is 5.85. The molecule has 1 N–H and O–H groups in total. The molecule has 0 saturated carbocycles. The van der Waals surface area contributed by atoms with E-state index in [0.29, 0.717) is 0 Å². The fourth-order valence-corrected chi connectivity index (χ4v) is 3.47. The largest absolute Gasteiger partial charge is 0.339 e. The van der Waals surface area contributed by atoms with Crippen LogP contribution in [0, 0.1) is 18.8 Å². The maximum atomic E-state index is 4.96. The molecule has 0 radical (unpaired) electrons. The SMILES string of the molecule is Cc1cccn2c(Nc3ccccc3)c(-c3ccc(C#Cc4ccccn4)cc3)nc12. The lowest BCUT2D eigenvalue weighted by molar-refractivity contribution is 1.16. The highest BCUT2D eigenvalue weighted by molar-refractivity contribution is 5.80. The molecule has 4 nitrogen and oxygen atoms in total. The van der Waals surface area contributed by atoms with Crippen LogP contribution >= 0.6 is 0 Å². The average molecular weight is 400 g/mol. The van der Waals surface area contributed by atoms with Crippen LogP contribution in [0.15, 0.2) is 97.3 Å². The van der Waals surface area contributed by atoms with E-state index in [1.807, 2.05) is 60.8 Å². The van der Waals surface area contributed by atoms with Crippen LogP contribution in [0.25, 0.3) is 16.9 Å². The summed E-state index contributed by atoms with van der Waals surface area (Å²) in [5.41, 5.74) is 6.72. The van der Waals surface area contributed by atoms with E-state index in [1.54, 1.807) is 6.20 Å². The monoisotopic (exact) mass is 400 g/mol. The summed E-state index contributed by atoms with van der Waals surface area (Å²) in [5.74, 6) is 7.22. The van der Waals surface area contributed by atoms with Crippen LogP contribution in [0.5, 0.6) is 0 Å². The molecule has 148 valence electrons. The lowest BCUT2D eigenvalue weighted by Gasteiger charge is -2.09. The third kappa shape index (κ3) is 3.90. The summed E-state index contributed by atoms with van der Waals surface area (Å²) >= 11 is 0. The van der Waals surface area contributed by atoms with Crippen LogP contribution in [0.3, 0.4) is 0 Å². The smallest absolute Gasteiger partial charge is 0.143 e. The predicted molar refractivity (Wildman–Crippen MR) is 125 cm³/mol. The van der Waals surface area contributed by atoms with Gasteiger partial charge in [0.05, 0.1) is 0 Å². The molecule has 0 unspecified atom stereocenters. The second kappa shape index (κ2) is 8.17. The van der Waals surface area contributed by atoms with Crippen molar-refractivity contribution in [3.8, 4) is 23.1 Å². The first kappa shape index (κ1) is 18.7. The van der Waals surface area contributed by atoms with Gasteiger partial charge < -0.3 is 5.32 Å². The second-order valence-corrected chi connectivity index (χ2v) is 7.23. The van der Waals surface area contributed by atoms with Gasteiger partial charge in [0, 0.05) is 29.2 Å². The Balaban J connectivity index is 1.54. The highest BCUT2D eigenvalue weighted by Crippen LogP contribution is 2.32. The Bertz CT molecular complexity index is 1390. The molecule has 0 bridgehead atoms. The summed E-state index contributed by atoms with van der Waals surface area (Å²) in [6, 6.07) is 28.2. The molecule has 5 rings (SSSR count). The van der Waals surface area contributed by atoms with Gasteiger partial charge in [-0.15, -0.1) is 0 Å². The van der Waals surface area contributed by atoms with Gasteiger partial charge in [-0.2, -0.15) is 0 Å². The van der Waals surface area contributed by atoms with Gasteiger partial charge in [0.25, 0.3) is 0 Å². The topological polar surface area (TPSA) is 42.2 Å². The van der Waals surface area contributed by atoms with Gasteiger partial charge in [-0.1, -0.05) is 48.4 Å². The number of hydrogen-bond acceptors (Lipinski definition) is 3. The van der Waals surface area contributed by atoms with Gasteiger partial charge in [-0.25, -0.2) is 9.97 Å². The van der Waals surface area contributed by atoms with E-state index in [1.165, 1.54) is 0 Å². The molecule has 0 saturated heterocycles. The minimum atomic E-state index is 0.761. The molecule has 5 aromatic rings. The number of pyridine rings is 2. The van der Waals surface area contributed by atoms with E-state index in [2.05, 4.69) is 63.8 Å². The molecular formula is C27H20N4. The minimum Gasteiger partial charge on any atom is -0.339 e. The third-order valence-corrected chi connectivity index (χ3v) is 5.04. The zero-order valence-electron chi connectivity index (χ0n) is 17.1. The van der Waals surface area contributed by atoms with Crippen LogP contribution in [-0.2, 0) is 0 Å². The van der Waals surface area contributed by atoms with Crippen molar-refractivity contribution < 1.29 is 0 Å². The van der Waals surface area contributed by atoms with Crippen molar-refractivity contribution in [3.63, 3.8) is 0 Å². The van der Waals surface area contributed by atoms with Crippen LogP contribution < -0.4 is 5.32 Å². The van der Waals surface area contributed by atoms with Gasteiger partial charge >= 0.3 is 0 Å². The highest BCUT2D eigenvalue weighted by atomic mass is 15.1. The van der Waals surface area contributed by atoms with Crippen LogP contribution in [-0.4, -0.2) is 14.4 Å². The molecule has 3 heterocycles. The van der Waals surface area contributed by atoms with Gasteiger partial charge in [-0.3, -0.25) is 4.40 Å². The van der Waals surface area contributed by atoms with E-state index in [0.717, 1.165) is 45.2 Å². The first-order valence-electron chi connectivity index (χ1n) is 10.1. The maximum Gasteiger partial charge on any atom is 0.143 e.